The summed E-state index contributed by atoms with van der Waals surface area (Å²) in [5.74, 6) is 0.989. The molecule has 0 radical (unpaired) electrons. The molecular weight excluding hydrogens is 395 g/mol. The van der Waals surface area contributed by atoms with Crippen LogP contribution >= 0.6 is 24.0 Å². The highest BCUT2D eigenvalue weighted by molar-refractivity contribution is 6.33. The monoisotopic (exact) mass is 422 g/mol. The summed E-state index contributed by atoms with van der Waals surface area (Å²) in [7, 11) is 0. The lowest BCUT2D eigenvalue weighted by molar-refractivity contribution is 0.0780. The number of nitrogens with two attached hydrogens (primary N) is 1. The predicted octanol–water partition coefficient (Wildman–Crippen LogP) is 4.19. The van der Waals surface area contributed by atoms with E-state index in [0.29, 0.717) is 28.1 Å². The zero-order valence-electron chi connectivity index (χ0n) is 16.6. The van der Waals surface area contributed by atoms with E-state index in [9.17, 15) is 4.79 Å². The Kier molecular flexibility index (Phi) is 5.81. The summed E-state index contributed by atoms with van der Waals surface area (Å²) in [6, 6.07) is 7.78. The number of carbonyl (C=O) groups excluding carboxylic acids is 1. The van der Waals surface area contributed by atoms with Crippen LogP contribution < -0.4 is 5.73 Å². The summed E-state index contributed by atoms with van der Waals surface area (Å²) in [5, 5.41) is 5.35. The number of nitrogens with zero attached hydrogens (tertiary/aromatic N) is 3. The molecule has 2 heterocycles. The number of aromatic nitrogens is 2. The maximum atomic E-state index is 13.4. The van der Waals surface area contributed by atoms with Crippen molar-refractivity contribution in [2.75, 3.05) is 13.1 Å². The van der Waals surface area contributed by atoms with Gasteiger partial charge in [0.1, 0.15) is 5.69 Å². The zero-order chi connectivity index (χ0) is 19.3. The van der Waals surface area contributed by atoms with Crippen LogP contribution in [0.15, 0.2) is 30.5 Å². The normalized spacial score (nSPS) is 24.2. The van der Waals surface area contributed by atoms with E-state index in [4.69, 9.17) is 22.4 Å². The zero-order valence-corrected chi connectivity index (χ0v) is 18.1. The number of rotatable bonds is 2. The Hall–Kier alpha value is -1.56. The average Bonchev–Trinajstić information content (AvgIpc) is 3.30. The van der Waals surface area contributed by atoms with Crippen molar-refractivity contribution in [2.45, 2.75) is 45.2 Å². The topological polar surface area (TPSA) is 64.2 Å². The van der Waals surface area contributed by atoms with Crippen LogP contribution in [0.2, 0.25) is 5.02 Å². The first-order chi connectivity index (χ1) is 12.8. The molecule has 4 rings (SSSR count). The van der Waals surface area contributed by atoms with Gasteiger partial charge in [0.15, 0.2) is 0 Å². The highest BCUT2D eigenvalue weighted by Gasteiger charge is 2.43. The molecule has 1 aliphatic heterocycles. The molecule has 5 nitrogen and oxygen atoms in total. The van der Waals surface area contributed by atoms with Crippen molar-refractivity contribution < 1.29 is 4.79 Å². The van der Waals surface area contributed by atoms with Gasteiger partial charge in [0.05, 0.1) is 16.1 Å². The van der Waals surface area contributed by atoms with Crippen molar-refractivity contribution in [2.24, 2.45) is 17.6 Å². The Morgan fingerprint density at radius 3 is 2.57 bits per heavy atom. The van der Waals surface area contributed by atoms with Crippen LogP contribution in [-0.2, 0) is 5.54 Å². The largest absolute Gasteiger partial charge is 0.338 e. The third kappa shape index (κ3) is 3.68. The molecule has 1 saturated heterocycles. The number of benzene rings is 1. The first kappa shape index (κ1) is 21.2. The van der Waals surface area contributed by atoms with Crippen molar-refractivity contribution in [1.82, 2.24) is 14.7 Å². The van der Waals surface area contributed by atoms with E-state index < -0.39 is 0 Å². The van der Waals surface area contributed by atoms with Crippen molar-refractivity contribution >= 4 is 29.9 Å². The number of hydrogen-bond acceptors (Lipinski definition) is 3. The van der Waals surface area contributed by atoms with Gasteiger partial charge in [-0.3, -0.25) is 9.48 Å². The highest BCUT2D eigenvalue weighted by atomic mass is 35.5. The molecule has 1 aliphatic carbocycles. The molecule has 0 bridgehead atoms. The van der Waals surface area contributed by atoms with Crippen LogP contribution in [0.1, 0.15) is 44.0 Å². The van der Waals surface area contributed by atoms with Gasteiger partial charge < -0.3 is 10.6 Å². The lowest BCUT2D eigenvalue weighted by atomic mass is 9.98. The molecule has 28 heavy (non-hydrogen) atoms. The standard InChI is InChI=1S/C21H27ClN4O.ClH/c1-21(2,3)26-12-16(19(24-26)14-6-4-5-7-17(14)22)20(27)25-10-13-8-9-18(23)15(13)11-25;/h4-7,12-13,15,18H,8-11,23H2,1-3H3;1H. The lowest BCUT2D eigenvalue weighted by Crippen LogP contribution is -2.33. The Labute approximate surface area is 177 Å². The van der Waals surface area contributed by atoms with E-state index >= 15 is 0 Å². The van der Waals surface area contributed by atoms with Gasteiger partial charge in [-0.2, -0.15) is 5.10 Å². The molecule has 3 unspecified atom stereocenters. The van der Waals surface area contributed by atoms with E-state index in [-0.39, 0.29) is 29.9 Å². The van der Waals surface area contributed by atoms with E-state index in [1.807, 2.05) is 40.0 Å². The van der Waals surface area contributed by atoms with Crippen LogP contribution in [0.25, 0.3) is 11.3 Å². The van der Waals surface area contributed by atoms with Crippen LogP contribution in [0, 0.1) is 11.8 Å². The second-order valence-corrected chi connectivity index (χ2v) is 9.27. The van der Waals surface area contributed by atoms with Crippen molar-refractivity contribution in [3.63, 3.8) is 0 Å². The predicted molar refractivity (Wildman–Crippen MR) is 115 cm³/mol. The average molecular weight is 423 g/mol. The fourth-order valence-corrected chi connectivity index (χ4v) is 4.60. The Morgan fingerprint density at radius 2 is 1.93 bits per heavy atom. The molecule has 0 spiro atoms. The number of fused-ring (bicyclic) bond motifs is 1. The maximum Gasteiger partial charge on any atom is 0.257 e. The summed E-state index contributed by atoms with van der Waals surface area (Å²) in [6.45, 7) is 7.75. The number of carbonyl (C=O) groups is 1. The minimum absolute atomic E-state index is 0. The van der Waals surface area contributed by atoms with Crippen molar-refractivity contribution in [1.29, 1.82) is 0 Å². The van der Waals surface area contributed by atoms with Gasteiger partial charge in [-0.25, -0.2) is 0 Å². The molecule has 2 aliphatic rings. The summed E-state index contributed by atoms with van der Waals surface area (Å²) < 4.78 is 1.86. The summed E-state index contributed by atoms with van der Waals surface area (Å²) in [4.78, 5) is 15.4. The van der Waals surface area contributed by atoms with Crippen LogP contribution in [0.3, 0.4) is 0 Å². The molecule has 7 heteroatoms. The van der Waals surface area contributed by atoms with Crippen molar-refractivity contribution in [3.8, 4) is 11.3 Å². The molecule has 2 N–H and O–H groups in total. The van der Waals surface area contributed by atoms with Gasteiger partial charge in [-0.05, 0) is 51.5 Å². The van der Waals surface area contributed by atoms with Crippen molar-refractivity contribution in [3.05, 3.63) is 41.0 Å². The van der Waals surface area contributed by atoms with Crippen LogP contribution in [0.4, 0.5) is 0 Å². The molecule has 2 fully saturated rings. The minimum atomic E-state index is -0.224. The van der Waals surface area contributed by atoms with Gasteiger partial charge >= 0.3 is 0 Å². The minimum Gasteiger partial charge on any atom is -0.338 e. The molecule has 1 aromatic carbocycles. The van der Waals surface area contributed by atoms with Crippen LogP contribution in [-0.4, -0.2) is 39.7 Å². The third-order valence-electron chi connectivity index (χ3n) is 5.96. The fourth-order valence-electron chi connectivity index (χ4n) is 4.37. The molecule has 2 aromatic rings. The van der Waals surface area contributed by atoms with Gasteiger partial charge in [0.2, 0.25) is 0 Å². The number of amides is 1. The summed E-state index contributed by atoms with van der Waals surface area (Å²) in [5.41, 5.74) is 8.09. The smallest absolute Gasteiger partial charge is 0.257 e. The number of halogens is 2. The summed E-state index contributed by atoms with van der Waals surface area (Å²) >= 11 is 6.42. The van der Waals surface area contributed by atoms with E-state index in [1.165, 1.54) is 0 Å². The SMILES string of the molecule is CC(C)(C)n1cc(C(=O)N2CC3CCC(N)C3C2)c(-c2ccccc2Cl)n1.Cl. The Balaban J connectivity index is 0.00000225. The highest BCUT2D eigenvalue weighted by Crippen LogP contribution is 2.39. The van der Waals surface area contributed by atoms with Crippen LogP contribution in [0.5, 0.6) is 0 Å². The van der Waals surface area contributed by atoms with E-state index in [2.05, 4.69) is 20.8 Å². The van der Waals surface area contributed by atoms with Gasteiger partial charge in [0.25, 0.3) is 5.91 Å². The first-order valence-electron chi connectivity index (χ1n) is 9.65. The molecular formula is C21H28Cl2N4O. The van der Waals surface area contributed by atoms with E-state index in [0.717, 1.165) is 31.5 Å². The second kappa shape index (κ2) is 7.69. The molecule has 1 saturated carbocycles. The maximum absolute atomic E-state index is 13.4. The Morgan fingerprint density at radius 1 is 1.21 bits per heavy atom. The second-order valence-electron chi connectivity index (χ2n) is 8.86. The van der Waals surface area contributed by atoms with Gasteiger partial charge in [0, 0.05) is 30.9 Å². The lowest BCUT2D eigenvalue weighted by Gasteiger charge is -2.19. The molecule has 3 atom stereocenters. The molecule has 152 valence electrons. The third-order valence-corrected chi connectivity index (χ3v) is 6.29. The molecule has 1 aromatic heterocycles. The van der Waals surface area contributed by atoms with Gasteiger partial charge in [-0.15, -0.1) is 12.4 Å². The number of hydrogen-bond donors (Lipinski definition) is 1. The Bertz CT molecular complexity index is 874. The number of likely N-dealkylation sites (tertiary alicyclic amines) is 1. The molecule has 1 amide bonds. The van der Waals surface area contributed by atoms with E-state index in [1.54, 1.807) is 0 Å². The van der Waals surface area contributed by atoms with Gasteiger partial charge in [-0.1, -0.05) is 29.8 Å². The quantitative estimate of drug-likeness (QED) is 0.788. The fraction of sp³-hybridized carbons (Fsp3) is 0.524. The first-order valence-corrected chi connectivity index (χ1v) is 10.0. The summed E-state index contributed by atoms with van der Waals surface area (Å²) in [6.07, 6.45) is 4.06.